The Morgan fingerprint density at radius 3 is 2.27 bits per heavy atom. The third kappa shape index (κ3) is 6.57. The van der Waals surface area contributed by atoms with Crippen molar-refractivity contribution >= 4 is 30.4 Å². The van der Waals surface area contributed by atoms with Gasteiger partial charge in [-0.25, -0.2) is 0 Å². The number of rotatable bonds is 8. The lowest BCUT2D eigenvalue weighted by molar-refractivity contribution is -0.132. The highest BCUT2D eigenvalue weighted by molar-refractivity contribution is 6.04. The summed E-state index contributed by atoms with van der Waals surface area (Å²) in [6.45, 7) is 1.92. The van der Waals surface area contributed by atoms with Gasteiger partial charge in [0.15, 0.2) is 5.78 Å². The fraction of sp³-hybridized carbons (Fsp3) is 0.0952. The minimum absolute atomic E-state index is 0.183. The van der Waals surface area contributed by atoms with Gasteiger partial charge in [-0.1, -0.05) is 42.5 Å². The summed E-state index contributed by atoms with van der Waals surface area (Å²) in [5, 5.41) is 0. The largest absolute Gasteiger partial charge is 0.463 e. The van der Waals surface area contributed by atoms with Crippen molar-refractivity contribution in [2.75, 3.05) is 0 Å². The van der Waals surface area contributed by atoms with Gasteiger partial charge in [-0.05, 0) is 47.0 Å². The van der Waals surface area contributed by atoms with Gasteiger partial charge in [0.1, 0.15) is 12.4 Å². The summed E-state index contributed by atoms with van der Waals surface area (Å²) in [5.41, 5.74) is 2.42. The molecule has 5 heteroatoms. The number of hydrogen-bond donors (Lipinski definition) is 0. The van der Waals surface area contributed by atoms with Crippen LogP contribution in [0.2, 0.25) is 0 Å². The molecule has 0 heterocycles. The summed E-state index contributed by atoms with van der Waals surface area (Å²) >= 11 is 0. The molecule has 2 aromatic carbocycles. The van der Waals surface area contributed by atoms with Crippen molar-refractivity contribution in [2.45, 2.75) is 13.5 Å². The van der Waals surface area contributed by atoms with E-state index in [9.17, 15) is 14.4 Å². The van der Waals surface area contributed by atoms with Gasteiger partial charge in [-0.2, -0.15) is 0 Å². The third-order valence-electron chi connectivity index (χ3n) is 3.27. The van der Waals surface area contributed by atoms with Crippen LogP contribution in [0.15, 0.2) is 60.7 Å². The van der Waals surface area contributed by atoms with E-state index in [0.29, 0.717) is 12.2 Å². The second-order valence-electron chi connectivity index (χ2n) is 5.39. The normalized spacial score (nSPS) is 10.8. The highest BCUT2D eigenvalue weighted by Crippen LogP contribution is 2.15. The SMILES string of the molecule is CC(=O)Oc1cccc(/C=C/C(=O)/C=C/c2cccc(COC=O)c2)c1. The van der Waals surface area contributed by atoms with E-state index in [-0.39, 0.29) is 12.4 Å². The Kier molecular flexibility index (Phi) is 7.06. The van der Waals surface area contributed by atoms with E-state index in [2.05, 4.69) is 0 Å². The standard InChI is InChI=1S/C21H18O5/c1-16(23)26-21-7-3-5-18(13-21)9-11-20(24)10-8-17-4-2-6-19(12-17)14-25-15-22/h2-13,15H,14H2,1H3/b10-8+,11-9+. The maximum absolute atomic E-state index is 12.0. The van der Waals surface area contributed by atoms with Gasteiger partial charge >= 0.3 is 5.97 Å². The predicted octanol–water partition coefficient (Wildman–Crippen LogP) is 3.58. The van der Waals surface area contributed by atoms with Crippen molar-refractivity contribution in [3.63, 3.8) is 0 Å². The molecule has 0 unspecified atom stereocenters. The van der Waals surface area contributed by atoms with Gasteiger partial charge in [-0.3, -0.25) is 14.4 Å². The first-order valence-electron chi connectivity index (χ1n) is 7.89. The van der Waals surface area contributed by atoms with Crippen LogP contribution in [0.25, 0.3) is 12.2 Å². The van der Waals surface area contributed by atoms with E-state index in [1.54, 1.807) is 36.4 Å². The molecule has 132 valence electrons. The monoisotopic (exact) mass is 350 g/mol. The van der Waals surface area contributed by atoms with Gasteiger partial charge in [-0.15, -0.1) is 0 Å². The highest BCUT2D eigenvalue weighted by atomic mass is 16.5. The maximum Gasteiger partial charge on any atom is 0.308 e. The first-order chi connectivity index (χ1) is 12.6. The minimum Gasteiger partial charge on any atom is -0.463 e. The first kappa shape index (κ1) is 18.9. The van der Waals surface area contributed by atoms with Crippen LogP contribution >= 0.6 is 0 Å². The maximum atomic E-state index is 12.0. The molecule has 26 heavy (non-hydrogen) atoms. The minimum atomic E-state index is -0.397. The Hall–Kier alpha value is -3.47. The molecular formula is C21H18O5. The summed E-state index contributed by atoms with van der Waals surface area (Å²) in [4.78, 5) is 33.2. The number of carbonyl (C=O) groups is 3. The predicted molar refractivity (Wildman–Crippen MR) is 98.1 cm³/mol. The number of ketones is 1. The molecule has 0 bridgehead atoms. The zero-order valence-corrected chi connectivity index (χ0v) is 14.3. The Labute approximate surface area is 151 Å². The van der Waals surface area contributed by atoms with Crippen molar-refractivity contribution in [3.8, 4) is 5.75 Å². The smallest absolute Gasteiger partial charge is 0.308 e. The summed E-state index contributed by atoms with van der Waals surface area (Å²) in [6.07, 6.45) is 6.22. The molecule has 2 rings (SSSR count). The zero-order valence-electron chi connectivity index (χ0n) is 14.3. The average molecular weight is 350 g/mol. The first-order valence-corrected chi connectivity index (χ1v) is 7.89. The van der Waals surface area contributed by atoms with Crippen LogP contribution in [0.1, 0.15) is 23.6 Å². The molecule has 0 fully saturated rings. The molecule has 0 N–H and O–H groups in total. The highest BCUT2D eigenvalue weighted by Gasteiger charge is 1.99. The van der Waals surface area contributed by atoms with Gasteiger partial charge in [0.2, 0.25) is 0 Å². The lowest BCUT2D eigenvalue weighted by Crippen LogP contribution is -2.01. The van der Waals surface area contributed by atoms with Crippen LogP contribution in [0, 0.1) is 0 Å². The molecule has 0 spiro atoms. The van der Waals surface area contributed by atoms with Crippen LogP contribution in [0.5, 0.6) is 5.75 Å². The number of carbonyl (C=O) groups excluding carboxylic acids is 3. The Morgan fingerprint density at radius 1 is 0.962 bits per heavy atom. The molecule has 0 aromatic heterocycles. The topological polar surface area (TPSA) is 69.7 Å². The lowest BCUT2D eigenvalue weighted by atomic mass is 10.1. The summed E-state index contributed by atoms with van der Waals surface area (Å²) in [7, 11) is 0. The van der Waals surface area contributed by atoms with E-state index in [1.165, 1.54) is 19.1 Å². The number of ether oxygens (including phenoxy) is 2. The number of esters is 1. The number of allylic oxidation sites excluding steroid dienone is 2. The van der Waals surface area contributed by atoms with Crippen LogP contribution in [0.3, 0.4) is 0 Å². The fourth-order valence-electron chi connectivity index (χ4n) is 2.18. The van der Waals surface area contributed by atoms with E-state index in [0.717, 1.165) is 16.7 Å². The van der Waals surface area contributed by atoms with E-state index < -0.39 is 5.97 Å². The molecule has 5 nitrogen and oxygen atoms in total. The molecule has 0 aliphatic rings. The number of hydrogen-bond acceptors (Lipinski definition) is 5. The molecule has 0 aliphatic carbocycles. The van der Waals surface area contributed by atoms with Crippen LogP contribution < -0.4 is 4.74 Å². The van der Waals surface area contributed by atoms with Gasteiger partial charge in [0, 0.05) is 6.92 Å². The molecule has 0 radical (unpaired) electrons. The Bertz CT molecular complexity index is 849. The molecule has 0 saturated carbocycles. The second-order valence-corrected chi connectivity index (χ2v) is 5.39. The molecule has 2 aromatic rings. The van der Waals surface area contributed by atoms with E-state index in [1.807, 2.05) is 24.3 Å². The number of benzene rings is 2. The van der Waals surface area contributed by atoms with Crippen LogP contribution in [-0.2, 0) is 25.7 Å². The summed E-state index contributed by atoms with van der Waals surface area (Å²) in [5.74, 6) is -0.152. The van der Waals surface area contributed by atoms with Crippen LogP contribution in [0.4, 0.5) is 0 Å². The van der Waals surface area contributed by atoms with Crippen molar-refractivity contribution in [3.05, 3.63) is 77.4 Å². The molecule has 0 amide bonds. The van der Waals surface area contributed by atoms with Gasteiger partial charge in [0.05, 0.1) is 0 Å². The zero-order chi connectivity index (χ0) is 18.8. The molecule has 0 aliphatic heterocycles. The molecule has 0 saturated heterocycles. The quantitative estimate of drug-likeness (QED) is 0.315. The van der Waals surface area contributed by atoms with Crippen molar-refractivity contribution in [1.82, 2.24) is 0 Å². The fourth-order valence-corrected chi connectivity index (χ4v) is 2.18. The Morgan fingerprint density at radius 2 is 1.62 bits per heavy atom. The van der Waals surface area contributed by atoms with Crippen molar-refractivity contribution in [1.29, 1.82) is 0 Å². The molecule has 0 atom stereocenters. The lowest BCUT2D eigenvalue weighted by Gasteiger charge is -2.01. The van der Waals surface area contributed by atoms with Crippen LogP contribution in [-0.4, -0.2) is 18.2 Å². The van der Waals surface area contributed by atoms with E-state index >= 15 is 0 Å². The third-order valence-corrected chi connectivity index (χ3v) is 3.27. The Balaban J connectivity index is 1.99. The van der Waals surface area contributed by atoms with Gasteiger partial charge in [0.25, 0.3) is 6.47 Å². The second kappa shape index (κ2) is 9.74. The van der Waals surface area contributed by atoms with E-state index in [4.69, 9.17) is 9.47 Å². The van der Waals surface area contributed by atoms with Crippen molar-refractivity contribution in [2.24, 2.45) is 0 Å². The average Bonchev–Trinajstić information content (AvgIpc) is 2.63. The summed E-state index contributed by atoms with van der Waals surface area (Å²) in [6, 6.07) is 14.2. The van der Waals surface area contributed by atoms with Crippen molar-refractivity contribution < 1.29 is 23.9 Å². The summed E-state index contributed by atoms with van der Waals surface area (Å²) < 4.78 is 9.71. The molecular weight excluding hydrogens is 332 g/mol. The van der Waals surface area contributed by atoms with Gasteiger partial charge < -0.3 is 9.47 Å².